The number of amides is 1. The molecule has 2 fully saturated rings. The average molecular weight is 298 g/mol. The Balaban J connectivity index is 1.81. The van der Waals surface area contributed by atoms with E-state index in [9.17, 15) is 18.0 Å². The van der Waals surface area contributed by atoms with E-state index in [1.165, 1.54) is 0 Å². The molecular weight excluding hydrogens is 281 g/mol. The second-order valence-electron chi connectivity index (χ2n) is 5.79. The highest BCUT2D eigenvalue weighted by atomic mass is 19.2. The molecule has 2 saturated heterocycles. The van der Waals surface area contributed by atoms with Gasteiger partial charge in [-0.1, -0.05) is 0 Å². The minimum absolute atomic E-state index is 0.0340. The van der Waals surface area contributed by atoms with Gasteiger partial charge in [-0.15, -0.1) is 0 Å². The van der Waals surface area contributed by atoms with Gasteiger partial charge in [-0.25, -0.2) is 13.2 Å². The van der Waals surface area contributed by atoms with Gasteiger partial charge in [0.25, 0.3) is 0 Å². The molecule has 0 bridgehead atoms. The summed E-state index contributed by atoms with van der Waals surface area (Å²) in [5.74, 6) is -3.00. The molecule has 2 aliphatic heterocycles. The number of piperazine rings is 1. The molecule has 0 saturated carbocycles. The molecule has 21 heavy (non-hydrogen) atoms. The Hall–Kier alpha value is -1.56. The highest BCUT2D eigenvalue weighted by molar-refractivity contribution is 5.83. The van der Waals surface area contributed by atoms with Crippen LogP contribution in [0, 0.1) is 17.5 Å². The fraction of sp³-hybridized carbons (Fsp3) is 0.533. The highest BCUT2D eigenvalue weighted by Crippen LogP contribution is 2.27. The number of benzene rings is 1. The third kappa shape index (κ3) is 2.52. The third-order valence-electron chi connectivity index (χ3n) is 4.47. The molecule has 0 unspecified atom stereocenters. The fourth-order valence-corrected chi connectivity index (χ4v) is 3.25. The molecular formula is C15H17F3N2O. The molecule has 114 valence electrons. The molecule has 0 radical (unpaired) electrons. The van der Waals surface area contributed by atoms with Crippen LogP contribution in [0.1, 0.15) is 25.3 Å². The summed E-state index contributed by atoms with van der Waals surface area (Å²) in [6.45, 7) is 3.31. The van der Waals surface area contributed by atoms with Gasteiger partial charge in [0.15, 0.2) is 11.6 Å². The summed E-state index contributed by atoms with van der Waals surface area (Å²) >= 11 is 0. The molecule has 0 N–H and O–H groups in total. The summed E-state index contributed by atoms with van der Waals surface area (Å²) < 4.78 is 40.0. The van der Waals surface area contributed by atoms with Gasteiger partial charge >= 0.3 is 0 Å². The Morgan fingerprint density at radius 2 is 1.90 bits per heavy atom. The van der Waals surface area contributed by atoms with Crippen molar-refractivity contribution in [3.8, 4) is 0 Å². The number of hydrogen-bond acceptors (Lipinski definition) is 2. The lowest BCUT2D eigenvalue weighted by Gasteiger charge is -2.41. The van der Waals surface area contributed by atoms with Crippen molar-refractivity contribution < 1.29 is 18.0 Å². The van der Waals surface area contributed by atoms with Gasteiger partial charge in [0, 0.05) is 37.3 Å². The molecule has 0 aliphatic carbocycles. The quantitative estimate of drug-likeness (QED) is 0.782. The average Bonchev–Trinajstić information content (AvgIpc) is 2.90. The first-order valence-corrected chi connectivity index (χ1v) is 7.15. The van der Waals surface area contributed by atoms with E-state index in [2.05, 4.69) is 0 Å². The van der Waals surface area contributed by atoms with Gasteiger partial charge in [-0.3, -0.25) is 9.69 Å². The van der Waals surface area contributed by atoms with Crippen LogP contribution >= 0.6 is 0 Å². The van der Waals surface area contributed by atoms with Crippen LogP contribution in [-0.4, -0.2) is 40.9 Å². The molecule has 2 heterocycles. The Bertz CT molecular complexity index is 578. The van der Waals surface area contributed by atoms with Crippen LogP contribution in [0.25, 0.3) is 0 Å². The van der Waals surface area contributed by atoms with Gasteiger partial charge in [-0.2, -0.15) is 0 Å². The van der Waals surface area contributed by atoms with Crippen molar-refractivity contribution >= 4 is 5.91 Å². The molecule has 3 nitrogen and oxygen atoms in total. The zero-order chi connectivity index (χ0) is 15.1. The Labute approximate surface area is 121 Å². The topological polar surface area (TPSA) is 23.6 Å². The van der Waals surface area contributed by atoms with E-state index in [0.29, 0.717) is 12.6 Å². The van der Waals surface area contributed by atoms with E-state index >= 15 is 0 Å². The summed E-state index contributed by atoms with van der Waals surface area (Å²) in [6, 6.07) is 1.22. The number of rotatable bonds is 2. The highest BCUT2D eigenvalue weighted by Gasteiger charge is 2.40. The Kier molecular flexibility index (Phi) is 3.65. The number of hydrogen-bond donors (Lipinski definition) is 0. The SMILES string of the molecule is C[C@@H]1C(=O)N2CCC[C@@H]2CN1Cc1cc(F)c(F)cc1F. The molecule has 3 rings (SSSR count). The second kappa shape index (κ2) is 5.33. The van der Waals surface area contributed by atoms with E-state index in [1.807, 2.05) is 9.80 Å². The third-order valence-corrected chi connectivity index (χ3v) is 4.47. The predicted molar refractivity (Wildman–Crippen MR) is 70.9 cm³/mol. The maximum atomic E-state index is 13.7. The van der Waals surface area contributed by atoms with Crippen molar-refractivity contribution in [2.24, 2.45) is 0 Å². The number of fused-ring (bicyclic) bond motifs is 1. The van der Waals surface area contributed by atoms with E-state index in [1.54, 1.807) is 6.92 Å². The molecule has 2 aliphatic rings. The van der Waals surface area contributed by atoms with Crippen LogP contribution in [0.3, 0.4) is 0 Å². The van der Waals surface area contributed by atoms with Crippen LogP contribution in [-0.2, 0) is 11.3 Å². The summed E-state index contributed by atoms with van der Waals surface area (Å²) in [5, 5.41) is 0. The molecule has 0 spiro atoms. The second-order valence-corrected chi connectivity index (χ2v) is 5.79. The van der Waals surface area contributed by atoms with Crippen LogP contribution in [0.5, 0.6) is 0 Å². The van der Waals surface area contributed by atoms with Crippen molar-refractivity contribution in [1.82, 2.24) is 9.80 Å². The molecule has 1 amide bonds. The predicted octanol–water partition coefficient (Wildman–Crippen LogP) is 2.30. The zero-order valence-corrected chi connectivity index (χ0v) is 11.8. The van der Waals surface area contributed by atoms with Crippen molar-refractivity contribution in [2.75, 3.05) is 13.1 Å². The Morgan fingerprint density at radius 3 is 2.67 bits per heavy atom. The van der Waals surface area contributed by atoms with Crippen molar-refractivity contribution in [2.45, 2.75) is 38.4 Å². The van der Waals surface area contributed by atoms with E-state index in [4.69, 9.17) is 0 Å². The van der Waals surface area contributed by atoms with E-state index in [0.717, 1.165) is 25.5 Å². The number of halogens is 3. The lowest BCUT2D eigenvalue weighted by Crippen LogP contribution is -2.58. The minimum Gasteiger partial charge on any atom is -0.337 e. The van der Waals surface area contributed by atoms with Gasteiger partial charge in [0.2, 0.25) is 5.91 Å². The summed E-state index contributed by atoms with van der Waals surface area (Å²) in [7, 11) is 0. The minimum atomic E-state index is -1.19. The molecule has 1 aromatic rings. The Morgan fingerprint density at radius 1 is 1.19 bits per heavy atom. The summed E-state index contributed by atoms with van der Waals surface area (Å²) in [5.41, 5.74) is 0.0833. The first kappa shape index (κ1) is 14.4. The van der Waals surface area contributed by atoms with Crippen LogP contribution < -0.4 is 0 Å². The molecule has 1 aromatic carbocycles. The van der Waals surface area contributed by atoms with E-state index in [-0.39, 0.29) is 30.1 Å². The summed E-state index contributed by atoms with van der Waals surface area (Å²) in [4.78, 5) is 16.0. The van der Waals surface area contributed by atoms with Crippen LogP contribution in [0.2, 0.25) is 0 Å². The lowest BCUT2D eigenvalue weighted by molar-refractivity contribution is -0.143. The molecule has 0 aromatic heterocycles. The largest absolute Gasteiger partial charge is 0.337 e. The van der Waals surface area contributed by atoms with Crippen LogP contribution in [0.4, 0.5) is 13.2 Å². The van der Waals surface area contributed by atoms with Crippen LogP contribution in [0.15, 0.2) is 12.1 Å². The maximum absolute atomic E-state index is 13.7. The van der Waals surface area contributed by atoms with Crippen molar-refractivity contribution in [3.63, 3.8) is 0 Å². The maximum Gasteiger partial charge on any atom is 0.239 e. The van der Waals surface area contributed by atoms with Gasteiger partial charge in [0.05, 0.1) is 6.04 Å². The molecule has 2 atom stereocenters. The normalized spacial score (nSPS) is 26.3. The number of carbonyl (C=O) groups is 1. The zero-order valence-electron chi connectivity index (χ0n) is 11.8. The van der Waals surface area contributed by atoms with Gasteiger partial charge in [-0.05, 0) is 25.8 Å². The summed E-state index contributed by atoms with van der Waals surface area (Å²) in [6.07, 6.45) is 1.92. The van der Waals surface area contributed by atoms with Gasteiger partial charge in [0.1, 0.15) is 5.82 Å². The van der Waals surface area contributed by atoms with Gasteiger partial charge < -0.3 is 4.90 Å². The molecule has 6 heteroatoms. The van der Waals surface area contributed by atoms with Crippen molar-refractivity contribution in [3.05, 3.63) is 35.1 Å². The lowest BCUT2D eigenvalue weighted by atomic mass is 10.1. The standard InChI is InChI=1S/C15H17F3N2O/c1-9-15(21)20-4-2-3-11(20)8-19(9)7-10-5-13(17)14(18)6-12(10)16/h5-6,9,11H,2-4,7-8H2,1H3/t9-,11-/m1/s1. The van der Waals surface area contributed by atoms with E-state index < -0.39 is 17.5 Å². The number of nitrogens with zero attached hydrogens (tertiary/aromatic N) is 2. The fourth-order valence-electron chi connectivity index (χ4n) is 3.25. The monoisotopic (exact) mass is 298 g/mol. The van der Waals surface area contributed by atoms with Crippen molar-refractivity contribution in [1.29, 1.82) is 0 Å². The number of carbonyl (C=O) groups excluding carboxylic acids is 1. The first-order valence-electron chi connectivity index (χ1n) is 7.15. The first-order chi connectivity index (χ1) is 9.97. The smallest absolute Gasteiger partial charge is 0.239 e.